The first kappa shape index (κ1) is 18.5. The van der Waals surface area contributed by atoms with Gasteiger partial charge in [0.1, 0.15) is 0 Å². The van der Waals surface area contributed by atoms with Crippen LogP contribution in [0.1, 0.15) is 28.4 Å². The van der Waals surface area contributed by atoms with Gasteiger partial charge in [0.25, 0.3) is 5.91 Å². The summed E-state index contributed by atoms with van der Waals surface area (Å²) in [6, 6.07) is 15.9. The van der Waals surface area contributed by atoms with Crippen molar-refractivity contribution >= 4 is 11.6 Å². The molecular formula is C21H23N3O3. The van der Waals surface area contributed by atoms with Crippen molar-refractivity contribution in [3.63, 3.8) is 0 Å². The van der Waals surface area contributed by atoms with E-state index in [2.05, 4.69) is 10.6 Å². The fraction of sp³-hybridized carbons (Fsp3) is 0.190. The monoisotopic (exact) mass is 365 g/mol. The quantitative estimate of drug-likeness (QED) is 0.539. The summed E-state index contributed by atoms with van der Waals surface area (Å²) >= 11 is 0. The van der Waals surface area contributed by atoms with Crippen molar-refractivity contribution in [2.24, 2.45) is 0 Å². The highest BCUT2D eigenvalue weighted by molar-refractivity contribution is 6.04. The molecule has 0 aliphatic carbocycles. The van der Waals surface area contributed by atoms with Crippen LogP contribution in [0.25, 0.3) is 5.69 Å². The lowest BCUT2D eigenvalue weighted by molar-refractivity contribution is 0.102. The average Bonchev–Trinajstić information content (AvgIpc) is 2.92. The molecule has 0 radical (unpaired) electrons. The molecule has 0 aliphatic heterocycles. The number of carbonyl (C=O) groups excluding carboxylic acids is 1. The van der Waals surface area contributed by atoms with E-state index in [9.17, 15) is 15.0 Å². The van der Waals surface area contributed by atoms with Crippen molar-refractivity contribution in [2.75, 3.05) is 12.4 Å². The summed E-state index contributed by atoms with van der Waals surface area (Å²) in [5, 5.41) is 26.9. The van der Waals surface area contributed by atoms with Crippen LogP contribution in [0.2, 0.25) is 0 Å². The Labute approximate surface area is 158 Å². The molecular weight excluding hydrogens is 342 g/mol. The third-order valence-electron chi connectivity index (χ3n) is 4.45. The van der Waals surface area contributed by atoms with Gasteiger partial charge in [0.2, 0.25) is 11.8 Å². The molecule has 6 nitrogen and oxygen atoms in total. The number of para-hydroxylation sites is 1. The molecule has 27 heavy (non-hydrogen) atoms. The van der Waals surface area contributed by atoms with Gasteiger partial charge in [-0.05, 0) is 49.9 Å². The first-order chi connectivity index (χ1) is 13.1. The largest absolute Gasteiger partial charge is 0.494 e. The van der Waals surface area contributed by atoms with Crippen LogP contribution < -0.4 is 10.6 Å². The Morgan fingerprint density at radius 2 is 1.59 bits per heavy atom. The number of amides is 1. The van der Waals surface area contributed by atoms with Crippen LogP contribution in [0.5, 0.6) is 11.8 Å². The van der Waals surface area contributed by atoms with Gasteiger partial charge in [-0.25, -0.2) is 0 Å². The molecule has 0 spiro atoms. The normalized spacial score (nSPS) is 10.7. The van der Waals surface area contributed by atoms with Crippen molar-refractivity contribution in [2.45, 2.75) is 19.9 Å². The molecule has 0 aliphatic rings. The molecule has 1 amide bonds. The number of nitrogens with one attached hydrogen (secondary N) is 2. The van der Waals surface area contributed by atoms with Crippen LogP contribution in [-0.4, -0.2) is 27.7 Å². The second-order valence-corrected chi connectivity index (χ2v) is 6.19. The minimum atomic E-state index is -0.223. The van der Waals surface area contributed by atoms with E-state index in [1.807, 2.05) is 37.3 Å². The third-order valence-corrected chi connectivity index (χ3v) is 4.45. The van der Waals surface area contributed by atoms with Crippen molar-refractivity contribution < 1.29 is 15.0 Å². The Kier molecular flexibility index (Phi) is 5.47. The smallest absolute Gasteiger partial charge is 0.255 e. The summed E-state index contributed by atoms with van der Waals surface area (Å²) in [7, 11) is 1.79. The maximum absolute atomic E-state index is 12.4. The average molecular weight is 365 g/mol. The molecule has 0 atom stereocenters. The molecule has 1 aromatic heterocycles. The van der Waals surface area contributed by atoms with Crippen LogP contribution in [0.15, 0.2) is 54.6 Å². The molecule has 0 unspecified atom stereocenters. The van der Waals surface area contributed by atoms with E-state index in [1.54, 1.807) is 31.3 Å². The van der Waals surface area contributed by atoms with Crippen molar-refractivity contribution in [3.8, 4) is 17.4 Å². The van der Waals surface area contributed by atoms with Gasteiger partial charge in [-0.3, -0.25) is 9.36 Å². The summed E-state index contributed by atoms with van der Waals surface area (Å²) in [5.74, 6) is -0.208. The first-order valence-corrected chi connectivity index (χ1v) is 8.82. The van der Waals surface area contributed by atoms with Crippen LogP contribution in [-0.2, 0) is 13.0 Å². The summed E-state index contributed by atoms with van der Waals surface area (Å²) < 4.78 is 1.39. The van der Waals surface area contributed by atoms with Gasteiger partial charge in [0.15, 0.2) is 0 Å². The van der Waals surface area contributed by atoms with E-state index in [0.717, 1.165) is 5.69 Å². The highest BCUT2D eigenvalue weighted by Gasteiger charge is 2.21. The van der Waals surface area contributed by atoms with Gasteiger partial charge in [-0.1, -0.05) is 25.1 Å². The highest BCUT2D eigenvalue weighted by atomic mass is 16.3. The molecule has 2 aromatic carbocycles. The van der Waals surface area contributed by atoms with Crippen LogP contribution in [0, 0.1) is 0 Å². The number of benzene rings is 2. The second-order valence-electron chi connectivity index (χ2n) is 6.19. The number of anilines is 1. The van der Waals surface area contributed by atoms with E-state index >= 15 is 0 Å². The van der Waals surface area contributed by atoms with E-state index < -0.39 is 0 Å². The predicted molar refractivity (Wildman–Crippen MR) is 106 cm³/mol. The standard InChI is InChI=1S/C21H23N3O3/c1-3-17-18(13-22-2)21(27)24(20(17)26)16-11-9-14(10-12-16)19(25)23-15-7-5-4-6-8-15/h4-12,22,26-27H,3,13H2,1-2H3,(H,23,25). The van der Waals surface area contributed by atoms with Gasteiger partial charge in [0.05, 0.1) is 5.69 Å². The Balaban J connectivity index is 1.89. The van der Waals surface area contributed by atoms with Gasteiger partial charge in [-0.15, -0.1) is 0 Å². The SMILES string of the molecule is CCc1c(CNC)c(O)n(-c2ccc(C(=O)Nc3ccccc3)cc2)c1O. The zero-order valence-electron chi connectivity index (χ0n) is 15.4. The fourth-order valence-electron chi connectivity index (χ4n) is 3.11. The van der Waals surface area contributed by atoms with Gasteiger partial charge in [-0.2, -0.15) is 0 Å². The lowest BCUT2D eigenvalue weighted by Crippen LogP contribution is -2.11. The number of carbonyl (C=O) groups is 1. The second kappa shape index (κ2) is 7.97. The maximum Gasteiger partial charge on any atom is 0.255 e. The van der Waals surface area contributed by atoms with Gasteiger partial charge >= 0.3 is 0 Å². The minimum Gasteiger partial charge on any atom is -0.494 e. The summed E-state index contributed by atoms with van der Waals surface area (Å²) in [4.78, 5) is 12.4. The summed E-state index contributed by atoms with van der Waals surface area (Å²) in [6.07, 6.45) is 0.598. The summed E-state index contributed by atoms with van der Waals surface area (Å²) in [5.41, 5.74) is 3.16. The first-order valence-electron chi connectivity index (χ1n) is 8.82. The van der Waals surface area contributed by atoms with Crippen molar-refractivity contribution in [3.05, 3.63) is 71.3 Å². The highest BCUT2D eigenvalue weighted by Crippen LogP contribution is 2.37. The molecule has 6 heteroatoms. The van der Waals surface area contributed by atoms with Crippen LogP contribution >= 0.6 is 0 Å². The number of nitrogens with zero attached hydrogens (tertiary/aromatic N) is 1. The van der Waals surface area contributed by atoms with Gasteiger partial charge in [0, 0.05) is 28.9 Å². The molecule has 0 saturated heterocycles. The van der Waals surface area contributed by atoms with Crippen LogP contribution in [0.4, 0.5) is 5.69 Å². The zero-order valence-corrected chi connectivity index (χ0v) is 15.4. The Hall–Kier alpha value is -3.25. The molecule has 0 fully saturated rings. The van der Waals surface area contributed by atoms with E-state index in [0.29, 0.717) is 35.3 Å². The number of hydrogen-bond donors (Lipinski definition) is 4. The van der Waals surface area contributed by atoms with Crippen LogP contribution in [0.3, 0.4) is 0 Å². The number of hydrogen-bond acceptors (Lipinski definition) is 4. The molecule has 3 rings (SSSR count). The Morgan fingerprint density at radius 3 is 2.19 bits per heavy atom. The zero-order chi connectivity index (χ0) is 19.4. The maximum atomic E-state index is 12.4. The lowest BCUT2D eigenvalue weighted by atomic mass is 10.1. The number of rotatable bonds is 6. The molecule has 3 aromatic rings. The Bertz CT molecular complexity index is 932. The molecule has 0 saturated carbocycles. The third kappa shape index (κ3) is 3.66. The molecule has 1 heterocycles. The molecule has 140 valence electrons. The Morgan fingerprint density at radius 1 is 0.963 bits per heavy atom. The fourth-order valence-corrected chi connectivity index (χ4v) is 3.11. The number of aromatic hydroxyl groups is 2. The van der Waals surface area contributed by atoms with E-state index in [4.69, 9.17) is 0 Å². The predicted octanol–water partition coefficient (Wildman–Crippen LogP) is 3.42. The van der Waals surface area contributed by atoms with Crippen molar-refractivity contribution in [1.82, 2.24) is 9.88 Å². The molecule has 4 N–H and O–H groups in total. The number of aromatic nitrogens is 1. The van der Waals surface area contributed by atoms with Gasteiger partial charge < -0.3 is 20.8 Å². The van der Waals surface area contributed by atoms with E-state index in [1.165, 1.54) is 4.57 Å². The molecule has 0 bridgehead atoms. The summed E-state index contributed by atoms with van der Waals surface area (Å²) in [6.45, 7) is 2.38. The topological polar surface area (TPSA) is 86.5 Å². The minimum absolute atomic E-state index is 0.000173. The van der Waals surface area contributed by atoms with Crippen molar-refractivity contribution in [1.29, 1.82) is 0 Å². The lowest BCUT2D eigenvalue weighted by Gasteiger charge is -2.09. The van der Waals surface area contributed by atoms with E-state index in [-0.39, 0.29) is 17.7 Å².